The molecule has 0 heterocycles. The third-order valence-corrected chi connectivity index (χ3v) is 2.28. The van der Waals surface area contributed by atoms with Gasteiger partial charge in [-0.25, -0.2) is 0 Å². The van der Waals surface area contributed by atoms with Gasteiger partial charge in [-0.05, 0) is 24.8 Å². The molecule has 1 aliphatic carbocycles. The Morgan fingerprint density at radius 3 is 2.50 bits per heavy atom. The highest BCUT2D eigenvalue weighted by Crippen LogP contribution is 2.25. The molecule has 0 spiro atoms. The highest BCUT2D eigenvalue weighted by molar-refractivity contribution is 5.37. The van der Waals surface area contributed by atoms with E-state index in [-0.39, 0.29) is 0 Å². The topological polar surface area (TPSA) is 0 Å². The normalized spacial score (nSPS) is 18.0. The Hall–Kier alpha value is -1.04. The molecule has 0 saturated carbocycles. The highest BCUT2D eigenvalue weighted by Gasteiger charge is 2.09. The first kappa shape index (κ1) is 7.60. The van der Waals surface area contributed by atoms with E-state index in [9.17, 15) is 0 Å². The van der Waals surface area contributed by atoms with E-state index in [4.69, 9.17) is 0 Å². The van der Waals surface area contributed by atoms with E-state index in [2.05, 4.69) is 42.5 Å². The lowest BCUT2D eigenvalue weighted by Crippen LogP contribution is -1.99. The lowest BCUT2D eigenvalue weighted by Gasteiger charge is -2.15. The smallest absolute Gasteiger partial charge is 0.0264 e. The first-order valence-corrected chi connectivity index (χ1v) is 4.54. The van der Waals surface area contributed by atoms with Gasteiger partial charge in [-0.1, -0.05) is 42.5 Å². The van der Waals surface area contributed by atoms with Crippen LogP contribution in [0, 0.1) is 5.92 Å². The maximum absolute atomic E-state index is 2.27. The van der Waals surface area contributed by atoms with Gasteiger partial charge in [0.1, 0.15) is 0 Å². The van der Waals surface area contributed by atoms with Gasteiger partial charge in [-0.15, -0.1) is 0 Å². The van der Waals surface area contributed by atoms with Gasteiger partial charge in [0.05, 0.1) is 0 Å². The minimum absolute atomic E-state index is 1.24. The Bertz CT molecular complexity index is 259. The van der Waals surface area contributed by atoms with Crippen molar-refractivity contribution in [2.45, 2.75) is 19.3 Å². The number of rotatable bonds is 1. The molecule has 0 nitrogen and oxygen atoms in total. The van der Waals surface area contributed by atoms with Crippen LogP contribution in [0.15, 0.2) is 42.5 Å². The summed E-state index contributed by atoms with van der Waals surface area (Å²) in [6.45, 7) is 0. The SMILES string of the molecule is C1=C[C](c2ccccc2)CCC1. The zero-order valence-electron chi connectivity index (χ0n) is 7.16. The van der Waals surface area contributed by atoms with E-state index in [0.717, 1.165) is 0 Å². The Morgan fingerprint density at radius 2 is 1.83 bits per heavy atom. The van der Waals surface area contributed by atoms with Crippen LogP contribution in [0.4, 0.5) is 0 Å². The molecule has 0 aliphatic heterocycles. The fourth-order valence-corrected chi connectivity index (χ4v) is 1.61. The molecule has 2 rings (SSSR count). The molecule has 0 aromatic heterocycles. The number of hydrogen-bond donors (Lipinski definition) is 0. The summed E-state index contributed by atoms with van der Waals surface area (Å²) in [4.78, 5) is 0. The first-order chi connectivity index (χ1) is 5.97. The van der Waals surface area contributed by atoms with Crippen LogP contribution in [0.1, 0.15) is 24.8 Å². The standard InChI is InChI=1S/C12H13/c1-3-7-11(8-4-1)12-9-5-2-6-10-12/h1,3-5,7-9H,2,6,10H2. The van der Waals surface area contributed by atoms with Crippen LogP contribution in [0.3, 0.4) is 0 Å². The molecular weight excluding hydrogens is 144 g/mol. The Balaban J connectivity index is 2.19. The van der Waals surface area contributed by atoms with Crippen molar-refractivity contribution >= 4 is 0 Å². The van der Waals surface area contributed by atoms with Crippen LogP contribution < -0.4 is 0 Å². The highest BCUT2D eigenvalue weighted by atomic mass is 14.1. The molecule has 1 aromatic rings. The average Bonchev–Trinajstić information content (AvgIpc) is 2.21. The summed E-state index contributed by atoms with van der Waals surface area (Å²) in [6.07, 6.45) is 8.32. The lowest BCUT2D eigenvalue weighted by molar-refractivity contribution is 0.771. The second-order valence-corrected chi connectivity index (χ2v) is 3.19. The number of allylic oxidation sites excluding steroid dienone is 2. The van der Waals surface area contributed by atoms with Crippen molar-refractivity contribution in [2.24, 2.45) is 0 Å². The Kier molecular flexibility index (Phi) is 2.26. The summed E-state index contributed by atoms with van der Waals surface area (Å²) in [7, 11) is 0. The van der Waals surface area contributed by atoms with Gasteiger partial charge in [0.25, 0.3) is 0 Å². The summed E-state index contributed by atoms with van der Waals surface area (Å²) in [5.41, 5.74) is 1.38. The summed E-state index contributed by atoms with van der Waals surface area (Å²) < 4.78 is 0. The molecule has 1 aliphatic rings. The first-order valence-electron chi connectivity index (χ1n) is 4.54. The minimum atomic E-state index is 1.24. The van der Waals surface area contributed by atoms with Gasteiger partial charge in [0.2, 0.25) is 0 Å². The van der Waals surface area contributed by atoms with Gasteiger partial charge in [-0.3, -0.25) is 0 Å². The van der Waals surface area contributed by atoms with E-state index in [1.807, 2.05) is 0 Å². The predicted octanol–water partition coefficient (Wildman–Crippen LogP) is 3.35. The van der Waals surface area contributed by atoms with Gasteiger partial charge < -0.3 is 0 Å². The maximum Gasteiger partial charge on any atom is 0.0264 e. The molecule has 0 N–H and O–H groups in total. The summed E-state index contributed by atoms with van der Waals surface area (Å²) in [5, 5.41) is 0. The summed E-state index contributed by atoms with van der Waals surface area (Å²) >= 11 is 0. The van der Waals surface area contributed by atoms with Crippen LogP contribution >= 0.6 is 0 Å². The summed E-state index contributed by atoms with van der Waals surface area (Å²) in [5.74, 6) is 1.49. The van der Waals surface area contributed by atoms with Crippen molar-refractivity contribution in [3.63, 3.8) is 0 Å². The molecule has 61 valence electrons. The molecule has 1 radical (unpaired) electrons. The third kappa shape index (κ3) is 1.58. The average molecular weight is 157 g/mol. The molecule has 12 heavy (non-hydrogen) atoms. The predicted molar refractivity (Wildman–Crippen MR) is 51.8 cm³/mol. The molecular formula is C12H13. The zero-order valence-corrected chi connectivity index (χ0v) is 7.16. The maximum atomic E-state index is 2.27. The van der Waals surface area contributed by atoms with Crippen LogP contribution in [-0.2, 0) is 0 Å². The van der Waals surface area contributed by atoms with Crippen molar-refractivity contribution in [1.82, 2.24) is 0 Å². The van der Waals surface area contributed by atoms with Crippen molar-refractivity contribution in [2.75, 3.05) is 0 Å². The monoisotopic (exact) mass is 157 g/mol. The Labute approximate surface area is 73.9 Å². The summed E-state index contributed by atoms with van der Waals surface area (Å²) in [6, 6.07) is 10.6. The largest absolute Gasteiger partial charge is 0.0876 e. The number of hydrogen-bond acceptors (Lipinski definition) is 0. The van der Waals surface area contributed by atoms with Gasteiger partial charge >= 0.3 is 0 Å². The molecule has 1 aromatic carbocycles. The zero-order chi connectivity index (χ0) is 8.23. The third-order valence-electron chi connectivity index (χ3n) is 2.28. The number of benzene rings is 1. The minimum Gasteiger partial charge on any atom is -0.0876 e. The van der Waals surface area contributed by atoms with Crippen molar-refractivity contribution in [1.29, 1.82) is 0 Å². The van der Waals surface area contributed by atoms with E-state index < -0.39 is 0 Å². The van der Waals surface area contributed by atoms with Crippen LogP contribution in [0.25, 0.3) is 0 Å². The second kappa shape index (κ2) is 3.57. The lowest BCUT2D eigenvalue weighted by atomic mass is 9.89. The molecule has 0 saturated heterocycles. The van der Waals surface area contributed by atoms with Crippen LogP contribution in [-0.4, -0.2) is 0 Å². The van der Waals surface area contributed by atoms with Crippen LogP contribution in [0.2, 0.25) is 0 Å². The van der Waals surface area contributed by atoms with Crippen molar-refractivity contribution in [3.8, 4) is 0 Å². The van der Waals surface area contributed by atoms with Crippen molar-refractivity contribution in [3.05, 3.63) is 54.0 Å². The molecule has 0 bridgehead atoms. The quantitative estimate of drug-likeness (QED) is 0.586. The van der Waals surface area contributed by atoms with Gasteiger partial charge in [-0.2, -0.15) is 0 Å². The van der Waals surface area contributed by atoms with Crippen molar-refractivity contribution < 1.29 is 0 Å². The van der Waals surface area contributed by atoms with Gasteiger partial charge in [0.15, 0.2) is 0 Å². The fraction of sp³-hybridized carbons (Fsp3) is 0.250. The van der Waals surface area contributed by atoms with Gasteiger partial charge in [0, 0.05) is 5.92 Å². The van der Waals surface area contributed by atoms with E-state index in [1.54, 1.807) is 0 Å². The molecule has 0 fully saturated rings. The Morgan fingerprint density at radius 1 is 1.00 bits per heavy atom. The fourth-order valence-electron chi connectivity index (χ4n) is 1.61. The van der Waals surface area contributed by atoms with E-state index >= 15 is 0 Å². The van der Waals surface area contributed by atoms with E-state index in [0.29, 0.717) is 0 Å². The molecule has 0 unspecified atom stereocenters. The second-order valence-electron chi connectivity index (χ2n) is 3.19. The molecule has 0 amide bonds. The van der Waals surface area contributed by atoms with E-state index in [1.165, 1.54) is 30.7 Å². The van der Waals surface area contributed by atoms with Crippen LogP contribution in [0.5, 0.6) is 0 Å². The molecule has 0 atom stereocenters. The molecule has 0 heteroatoms.